The van der Waals surface area contributed by atoms with E-state index in [4.69, 9.17) is 9.47 Å². The zero-order chi connectivity index (χ0) is 26.7. The lowest BCUT2D eigenvalue weighted by Crippen LogP contribution is -2.30. The number of nitrogens with one attached hydrogen (secondary N) is 1. The van der Waals surface area contributed by atoms with Gasteiger partial charge in [0.15, 0.2) is 0 Å². The number of rotatable bonds is 7. The number of anilines is 1. The molecule has 1 unspecified atom stereocenters. The largest absolute Gasteiger partial charge is 0.489 e. The molecule has 1 aromatic heterocycles. The molecule has 38 heavy (non-hydrogen) atoms. The van der Waals surface area contributed by atoms with Gasteiger partial charge in [-0.3, -0.25) is 0 Å². The molecule has 0 saturated heterocycles. The van der Waals surface area contributed by atoms with E-state index in [2.05, 4.69) is 60.4 Å². The second-order valence-electron chi connectivity index (χ2n) is 10.4. The molecule has 3 aromatic carbocycles. The van der Waals surface area contributed by atoms with Gasteiger partial charge < -0.3 is 14.8 Å². The van der Waals surface area contributed by atoms with Crippen LogP contribution in [-0.4, -0.2) is 20.7 Å². The van der Waals surface area contributed by atoms with E-state index in [0.717, 1.165) is 16.7 Å². The fourth-order valence-corrected chi connectivity index (χ4v) is 4.54. The lowest BCUT2D eigenvalue weighted by molar-refractivity contribution is -0.140. The van der Waals surface area contributed by atoms with Gasteiger partial charge in [0.1, 0.15) is 31.3 Å². The maximum Gasteiger partial charge on any atom is 0.338 e. The van der Waals surface area contributed by atoms with Gasteiger partial charge in [0.2, 0.25) is 5.95 Å². The number of para-hydroxylation sites is 1. The smallest absolute Gasteiger partial charge is 0.338 e. The number of nitrogens with zero attached hydrogens (tertiary/aromatic N) is 3. The molecule has 2 heterocycles. The van der Waals surface area contributed by atoms with Crippen LogP contribution in [0.2, 0.25) is 0 Å². The minimum Gasteiger partial charge on any atom is -0.489 e. The Morgan fingerprint density at radius 3 is 2.34 bits per heavy atom. The van der Waals surface area contributed by atoms with E-state index in [9.17, 15) is 4.79 Å². The summed E-state index contributed by atoms with van der Waals surface area (Å²) < 4.78 is 13.8. The molecule has 0 fully saturated rings. The third-order valence-electron chi connectivity index (χ3n) is 6.65. The molecule has 1 aliphatic heterocycles. The molecule has 194 valence electrons. The number of esters is 1. The highest BCUT2D eigenvalue weighted by molar-refractivity contribution is 5.92. The molecule has 7 nitrogen and oxygen atoms in total. The monoisotopic (exact) mass is 508 g/mol. The van der Waals surface area contributed by atoms with Gasteiger partial charge in [0, 0.05) is 11.3 Å². The fraction of sp³-hybridized carbons (Fsp3) is 0.258. The summed E-state index contributed by atoms with van der Waals surface area (Å²) in [5, 5.41) is 7.63. The summed E-state index contributed by atoms with van der Waals surface area (Å²) in [6.45, 7) is 9.02. The highest BCUT2D eigenvalue weighted by atomic mass is 16.5. The van der Waals surface area contributed by atoms with Gasteiger partial charge in [-0.2, -0.15) is 10.1 Å². The fourth-order valence-electron chi connectivity index (χ4n) is 4.54. The van der Waals surface area contributed by atoms with Gasteiger partial charge in [0.25, 0.3) is 0 Å². The van der Waals surface area contributed by atoms with Gasteiger partial charge >= 0.3 is 5.97 Å². The second kappa shape index (κ2) is 10.5. The Hall–Kier alpha value is -4.39. The molecular weight excluding hydrogens is 476 g/mol. The van der Waals surface area contributed by atoms with E-state index in [0.29, 0.717) is 29.6 Å². The Morgan fingerprint density at radius 2 is 1.61 bits per heavy atom. The van der Waals surface area contributed by atoms with Crippen LogP contribution in [0.25, 0.3) is 0 Å². The van der Waals surface area contributed by atoms with E-state index in [1.165, 1.54) is 11.9 Å². The number of hydrogen-bond acceptors (Lipinski definition) is 6. The van der Waals surface area contributed by atoms with Crippen molar-refractivity contribution >= 4 is 11.9 Å². The quantitative estimate of drug-likeness (QED) is 0.300. The van der Waals surface area contributed by atoms with E-state index in [1.54, 1.807) is 4.68 Å². The van der Waals surface area contributed by atoms with Gasteiger partial charge in [-0.05, 0) is 35.1 Å². The molecule has 0 spiro atoms. The Kier molecular flexibility index (Phi) is 7.01. The van der Waals surface area contributed by atoms with Crippen LogP contribution in [0.4, 0.5) is 5.95 Å². The standard InChI is InChI=1S/C31H32N4O3/c1-21-27(29(36)38-19-22-10-6-5-7-11-22)28(35-30(34-21)32-20-33-35)25-12-8-9-13-26(25)37-18-23-14-16-24(17-15-23)31(2,3)4/h5-17,20,28H,18-19H2,1-4H3,(H,32,33,34). The molecular formula is C31H32N4O3. The van der Waals surface area contributed by atoms with Gasteiger partial charge in [0.05, 0.1) is 5.57 Å². The highest BCUT2D eigenvalue weighted by Gasteiger charge is 2.36. The number of aromatic nitrogens is 3. The number of carbonyl (C=O) groups is 1. The first-order chi connectivity index (χ1) is 18.3. The maximum absolute atomic E-state index is 13.5. The molecule has 5 rings (SSSR count). The minimum atomic E-state index is -0.559. The summed E-state index contributed by atoms with van der Waals surface area (Å²) in [6.07, 6.45) is 1.47. The van der Waals surface area contributed by atoms with Crippen molar-refractivity contribution in [3.05, 3.63) is 119 Å². The summed E-state index contributed by atoms with van der Waals surface area (Å²) >= 11 is 0. The van der Waals surface area contributed by atoms with Crippen LogP contribution in [0, 0.1) is 0 Å². The van der Waals surface area contributed by atoms with Crippen molar-refractivity contribution in [1.29, 1.82) is 0 Å². The summed E-state index contributed by atoms with van der Waals surface area (Å²) in [5.41, 5.74) is 5.28. The average molecular weight is 509 g/mol. The van der Waals surface area contributed by atoms with Gasteiger partial charge in [-0.1, -0.05) is 93.6 Å². The predicted molar refractivity (Wildman–Crippen MR) is 147 cm³/mol. The van der Waals surface area contributed by atoms with Crippen molar-refractivity contribution in [1.82, 2.24) is 14.8 Å². The molecule has 1 aliphatic rings. The predicted octanol–water partition coefficient (Wildman–Crippen LogP) is 6.19. The van der Waals surface area contributed by atoms with Crippen molar-refractivity contribution in [2.24, 2.45) is 0 Å². The van der Waals surface area contributed by atoms with Crippen molar-refractivity contribution in [3.63, 3.8) is 0 Å². The summed E-state index contributed by atoms with van der Waals surface area (Å²) in [6, 6.07) is 25.3. The molecule has 4 aromatic rings. The Morgan fingerprint density at radius 1 is 0.921 bits per heavy atom. The molecule has 7 heteroatoms. The average Bonchev–Trinajstić information content (AvgIpc) is 3.38. The number of benzene rings is 3. The molecule has 0 saturated carbocycles. The van der Waals surface area contributed by atoms with Crippen molar-refractivity contribution in [3.8, 4) is 5.75 Å². The van der Waals surface area contributed by atoms with Crippen LogP contribution in [0.5, 0.6) is 5.75 Å². The van der Waals surface area contributed by atoms with Crippen molar-refractivity contribution < 1.29 is 14.3 Å². The number of allylic oxidation sites excluding steroid dienone is 1. The zero-order valence-corrected chi connectivity index (χ0v) is 22.1. The third kappa shape index (κ3) is 5.32. The second-order valence-corrected chi connectivity index (χ2v) is 10.4. The number of carbonyl (C=O) groups excluding carboxylic acids is 1. The van der Waals surface area contributed by atoms with Gasteiger partial charge in [-0.25, -0.2) is 9.48 Å². The molecule has 1 atom stereocenters. The third-order valence-corrected chi connectivity index (χ3v) is 6.65. The van der Waals surface area contributed by atoms with Crippen LogP contribution in [0.3, 0.4) is 0 Å². The first kappa shape index (κ1) is 25.3. The Bertz CT molecular complexity index is 1450. The molecule has 0 radical (unpaired) electrons. The molecule has 0 aliphatic carbocycles. The first-order valence-electron chi connectivity index (χ1n) is 12.7. The Labute approximate surface area is 223 Å². The van der Waals surface area contributed by atoms with E-state index < -0.39 is 12.0 Å². The topological polar surface area (TPSA) is 78.3 Å². The summed E-state index contributed by atoms with van der Waals surface area (Å²) in [4.78, 5) is 17.8. The SMILES string of the molecule is CC1=C(C(=O)OCc2ccccc2)C(c2ccccc2OCc2ccc(C(C)(C)C)cc2)n2ncnc2N1. The molecule has 0 bridgehead atoms. The number of hydrogen-bond donors (Lipinski definition) is 1. The molecule has 0 amide bonds. The number of fused-ring (bicyclic) bond motifs is 1. The van der Waals surface area contributed by atoms with E-state index in [-0.39, 0.29) is 12.0 Å². The molecule has 1 N–H and O–H groups in total. The van der Waals surface area contributed by atoms with Crippen molar-refractivity contribution in [2.75, 3.05) is 5.32 Å². The minimum absolute atomic E-state index is 0.0895. The summed E-state index contributed by atoms with van der Waals surface area (Å²) in [7, 11) is 0. The van der Waals surface area contributed by atoms with E-state index in [1.807, 2.05) is 61.5 Å². The lowest BCUT2D eigenvalue weighted by Gasteiger charge is -2.29. The van der Waals surface area contributed by atoms with Crippen molar-refractivity contribution in [2.45, 2.75) is 52.4 Å². The number of ether oxygens (including phenoxy) is 2. The Balaban J connectivity index is 1.43. The van der Waals surface area contributed by atoms with Crippen LogP contribution < -0.4 is 10.1 Å². The lowest BCUT2D eigenvalue weighted by atomic mass is 9.87. The van der Waals surface area contributed by atoms with Crippen LogP contribution in [-0.2, 0) is 28.2 Å². The first-order valence-corrected chi connectivity index (χ1v) is 12.7. The normalized spacial score (nSPS) is 15.0. The maximum atomic E-state index is 13.5. The van der Waals surface area contributed by atoms with Crippen LogP contribution >= 0.6 is 0 Å². The van der Waals surface area contributed by atoms with Crippen LogP contribution in [0.15, 0.2) is 96.5 Å². The van der Waals surface area contributed by atoms with Gasteiger partial charge in [-0.15, -0.1) is 0 Å². The van der Waals surface area contributed by atoms with Crippen LogP contribution in [0.1, 0.15) is 56.0 Å². The zero-order valence-electron chi connectivity index (χ0n) is 22.1. The highest BCUT2D eigenvalue weighted by Crippen LogP contribution is 2.39. The summed E-state index contributed by atoms with van der Waals surface area (Å²) in [5.74, 6) is 0.805. The van der Waals surface area contributed by atoms with E-state index >= 15 is 0 Å².